The Hall–Kier alpha value is -2.17. The van der Waals surface area contributed by atoms with Gasteiger partial charge in [-0.25, -0.2) is 0 Å². The van der Waals surface area contributed by atoms with Crippen molar-refractivity contribution in [3.63, 3.8) is 0 Å². The highest BCUT2D eigenvalue weighted by atomic mass is 16.6. The minimum atomic E-state index is -0.398. The number of nitro benzene ring substituents is 1. The average molecular weight is 249 g/mol. The van der Waals surface area contributed by atoms with Gasteiger partial charge in [0, 0.05) is 6.07 Å². The quantitative estimate of drug-likeness (QED) is 0.467. The van der Waals surface area contributed by atoms with E-state index in [1.165, 1.54) is 13.2 Å². The lowest BCUT2D eigenvalue weighted by molar-refractivity contribution is -0.646. The molecular weight excluding hydrogens is 232 g/mol. The number of fused-ring (bicyclic) bond motifs is 1. The molecule has 96 valence electrons. The van der Waals surface area contributed by atoms with Gasteiger partial charge in [0.05, 0.1) is 23.5 Å². The predicted molar refractivity (Wildman–Crippen MR) is 69.7 cm³/mol. The molecule has 0 fully saturated rings. The minimum Gasteiger partial charge on any atom is -0.496 e. The molecular formula is C13H17N2O3+. The maximum absolute atomic E-state index is 11.0. The van der Waals surface area contributed by atoms with E-state index in [0.29, 0.717) is 11.3 Å². The van der Waals surface area contributed by atoms with Crippen LogP contribution in [0.2, 0.25) is 0 Å². The Morgan fingerprint density at radius 3 is 2.56 bits per heavy atom. The highest BCUT2D eigenvalue weighted by Crippen LogP contribution is 2.28. The third-order valence-corrected chi connectivity index (χ3v) is 2.46. The molecule has 0 aliphatic rings. The lowest BCUT2D eigenvalue weighted by atomic mass is 10.1. The van der Waals surface area contributed by atoms with Crippen LogP contribution in [-0.2, 0) is 7.05 Å². The Morgan fingerprint density at radius 1 is 1.33 bits per heavy atom. The van der Waals surface area contributed by atoms with Crippen LogP contribution in [0.1, 0.15) is 13.8 Å². The molecule has 0 spiro atoms. The fourth-order valence-electron chi connectivity index (χ4n) is 1.73. The number of pyridine rings is 1. The first-order chi connectivity index (χ1) is 8.63. The summed E-state index contributed by atoms with van der Waals surface area (Å²) in [5.41, 5.74) is 0.644. The van der Waals surface area contributed by atoms with Gasteiger partial charge in [-0.1, -0.05) is 13.8 Å². The van der Waals surface area contributed by atoms with Gasteiger partial charge in [-0.2, -0.15) is 4.57 Å². The summed E-state index contributed by atoms with van der Waals surface area (Å²) in [5, 5.41) is 11.8. The zero-order valence-corrected chi connectivity index (χ0v) is 11.0. The van der Waals surface area contributed by atoms with Gasteiger partial charge in [-0.3, -0.25) is 10.1 Å². The number of hydrogen-bond donors (Lipinski definition) is 0. The monoisotopic (exact) mass is 249 g/mol. The van der Waals surface area contributed by atoms with Gasteiger partial charge >= 0.3 is 5.69 Å². The van der Waals surface area contributed by atoms with Crippen LogP contribution in [0.25, 0.3) is 10.9 Å². The number of ether oxygens (including phenoxy) is 1. The van der Waals surface area contributed by atoms with Crippen molar-refractivity contribution in [3.8, 4) is 5.75 Å². The summed E-state index contributed by atoms with van der Waals surface area (Å²) in [4.78, 5) is 10.6. The van der Waals surface area contributed by atoms with Gasteiger partial charge in [0.1, 0.15) is 12.8 Å². The first kappa shape index (κ1) is 13.9. The lowest BCUT2D eigenvalue weighted by Gasteiger charge is -2.02. The second-order valence-corrected chi connectivity index (χ2v) is 3.46. The molecule has 0 unspecified atom stereocenters. The molecule has 0 aliphatic carbocycles. The SMILES string of the molecule is CC.COc1cc([N+](=O)[O-])c2c(ccc[n+]2C)c1. The normalized spacial score (nSPS) is 9.56. The summed E-state index contributed by atoms with van der Waals surface area (Å²) in [7, 11) is 3.27. The van der Waals surface area contributed by atoms with Crippen molar-refractivity contribution in [2.45, 2.75) is 13.8 Å². The Bertz CT molecular complexity index is 567. The maximum atomic E-state index is 11.0. The van der Waals surface area contributed by atoms with E-state index in [-0.39, 0.29) is 5.69 Å². The molecule has 5 nitrogen and oxygen atoms in total. The number of hydrogen-bond acceptors (Lipinski definition) is 3. The molecule has 1 aromatic heterocycles. The van der Waals surface area contributed by atoms with Crippen molar-refractivity contribution in [1.29, 1.82) is 0 Å². The molecule has 0 amide bonds. The maximum Gasteiger partial charge on any atom is 0.344 e. The number of nitrogens with zero attached hydrogens (tertiary/aromatic N) is 2. The number of aromatic nitrogens is 1. The van der Waals surface area contributed by atoms with Crippen LogP contribution in [-0.4, -0.2) is 12.0 Å². The second kappa shape index (κ2) is 5.95. The van der Waals surface area contributed by atoms with Crippen molar-refractivity contribution < 1.29 is 14.2 Å². The number of methoxy groups -OCH3 is 1. The van der Waals surface area contributed by atoms with Gasteiger partial charge in [0.15, 0.2) is 6.20 Å². The number of benzene rings is 1. The highest BCUT2D eigenvalue weighted by molar-refractivity contribution is 5.85. The third-order valence-electron chi connectivity index (χ3n) is 2.46. The number of rotatable bonds is 2. The molecule has 0 aliphatic heterocycles. The van der Waals surface area contributed by atoms with Crippen molar-refractivity contribution in [1.82, 2.24) is 0 Å². The van der Waals surface area contributed by atoms with Crippen molar-refractivity contribution in [2.24, 2.45) is 7.05 Å². The molecule has 0 saturated heterocycles. The smallest absolute Gasteiger partial charge is 0.344 e. The molecule has 0 bridgehead atoms. The van der Waals surface area contributed by atoms with Gasteiger partial charge in [0.2, 0.25) is 0 Å². The minimum absolute atomic E-state index is 0.0532. The summed E-state index contributed by atoms with van der Waals surface area (Å²) >= 11 is 0. The van der Waals surface area contributed by atoms with Crippen molar-refractivity contribution in [3.05, 3.63) is 40.6 Å². The standard InChI is InChI=1S/C11H11N2O3.C2H6/c1-12-5-3-4-8-6-9(16-2)7-10(11(8)12)13(14)15;1-2/h3-7H,1-2H3;1-2H3/q+1;. The molecule has 0 radical (unpaired) electrons. The van der Waals surface area contributed by atoms with E-state index >= 15 is 0 Å². The number of nitro groups is 1. The van der Waals surface area contributed by atoms with Crippen LogP contribution < -0.4 is 9.30 Å². The largest absolute Gasteiger partial charge is 0.496 e. The van der Waals surface area contributed by atoms with Crippen LogP contribution >= 0.6 is 0 Å². The van der Waals surface area contributed by atoms with Gasteiger partial charge < -0.3 is 4.74 Å². The first-order valence-electron chi connectivity index (χ1n) is 5.74. The molecule has 0 saturated carbocycles. The third kappa shape index (κ3) is 2.56. The van der Waals surface area contributed by atoms with E-state index in [0.717, 1.165) is 5.39 Å². The summed E-state index contributed by atoms with van der Waals surface area (Å²) < 4.78 is 6.77. The molecule has 18 heavy (non-hydrogen) atoms. The van der Waals surface area contributed by atoms with Crippen molar-refractivity contribution >= 4 is 16.6 Å². The molecule has 0 atom stereocenters. The Kier molecular flexibility index (Phi) is 4.59. The van der Waals surface area contributed by atoms with Crippen LogP contribution in [0.3, 0.4) is 0 Å². The number of non-ortho nitro benzene ring substituents is 1. The Morgan fingerprint density at radius 2 is 2.00 bits per heavy atom. The fraction of sp³-hybridized carbons (Fsp3) is 0.308. The van der Waals surface area contributed by atoms with E-state index in [9.17, 15) is 10.1 Å². The van der Waals surface area contributed by atoms with E-state index in [2.05, 4.69) is 0 Å². The average Bonchev–Trinajstić information content (AvgIpc) is 2.40. The molecule has 5 heteroatoms. The molecule has 1 heterocycles. The molecule has 2 aromatic rings. The Balaban J connectivity index is 0.000000771. The van der Waals surface area contributed by atoms with E-state index < -0.39 is 4.92 Å². The number of aryl methyl sites for hydroxylation is 1. The zero-order chi connectivity index (χ0) is 13.7. The van der Waals surface area contributed by atoms with E-state index in [1.807, 2.05) is 26.0 Å². The van der Waals surface area contributed by atoms with Gasteiger partial charge in [0.25, 0.3) is 5.52 Å². The summed E-state index contributed by atoms with van der Waals surface area (Å²) in [6.07, 6.45) is 1.78. The molecule has 2 rings (SSSR count). The van der Waals surface area contributed by atoms with Crippen molar-refractivity contribution in [2.75, 3.05) is 7.11 Å². The lowest BCUT2D eigenvalue weighted by Crippen LogP contribution is -2.28. The predicted octanol–water partition coefficient (Wildman–Crippen LogP) is 2.61. The summed E-state index contributed by atoms with van der Waals surface area (Å²) in [6.45, 7) is 4.00. The van der Waals surface area contributed by atoms with E-state index in [4.69, 9.17) is 4.74 Å². The zero-order valence-electron chi connectivity index (χ0n) is 11.0. The topological polar surface area (TPSA) is 56.3 Å². The Labute approximate surface area is 106 Å². The van der Waals surface area contributed by atoms with Gasteiger partial charge in [-0.05, 0) is 12.1 Å². The summed E-state index contributed by atoms with van der Waals surface area (Å²) in [6, 6.07) is 6.88. The fourth-order valence-corrected chi connectivity index (χ4v) is 1.73. The van der Waals surface area contributed by atoms with Crippen LogP contribution in [0.15, 0.2) is 30.5 Å². The molecule has 0 N–H and O–H groups in total. The second-order valence-electron chi connectivity index (χ2n) is 3.46. The summed E-state index contributed by atoms with van der Waals surface area (Å²) in [5.74, 6) is 0.491. The van der Waals surface area contributed by atoms with Gasteiger partial charge in [-0.15, -0.1) is 0 Å². The molecule has 1 aromatic carbocycles. The van der Waals surface area contributed by atoms with Crippen LogP contribution in [0, 0.1) is 10.1 Å². The van der Waals surface area contributed by atoms with E-state index in [1.54, 1.807) is 23.9 Å². The van der Waals surface area contributed by atoms with Crippen LogP contribution in [0.5, 0.6) is 5.75 Å². The highest BCUT2D eigenvalue weighted by Gasteiger charge is 2.21. The first-order valence-corrected chi connectivity index (χ1v) is 5.74. The van der Waals surface area contributed by atoms with Crippen LogP contribution in [0.4, 0.5) is 5.69 Å².